The van der Waals surface area contributed by atoms with Gasteiger partial charge in [-0.15, -0.1) is 0 Å². The monoisotopic (exact) mass is 264 g/mol. The molecular weight excluding hydrogens is 248 g/mol. The Morgan fingerprint density at radius 2 is 1.95 bits per heavy atom. The average Bonchev–Trinajstić information content (AvgIpc) is 2.81. The number of para-hydroxylation sites is 1. The van der Waals surface area contributed by atoms with Crippen LogP contribution < -0.4 is 5.32 Å². The summed E-state index contributed by atoms with van der Waals surface area (Å²) in [7, 11) is 0. The minimum absolute atomic E-state index is 0.754. The normalized spacial score (nSPS) is 10.4. The minimum Gasteiger partial charge on any atom is -0.326 e. The second-order valence-corrected chi connectivity index (χ2v) is 4.69. The number of benzene rings is 1. The number of aromatic nitrogens is 3. The maximum absolute atomic E-state index is 4.53. The molecule has 0 unspecified atom stereocenters. The molecule has 100 valence electrons. The molecule has 0 spiro atoms. The Hall–Kier alpha value is -2.62. The number of aryl methyl sites for hydroxylation is 1. The molecule has 2 heterocycles. The Labute approximate surface area is 118 Å². The lowest BCUT2D eigenvalue weighted by atomic mass is 10.3. The summed E-state index contributed by atoms with van der Waals surface area (Å²) in [5, 5.41) is 3.35. The fourth-order valence-corrected chi connectivity index (χ4v) is 2.11. The summed E-state index contributed by atoms with van der Waals surface area (Å²) >= 11 is 0. The van der Waals surface area contributed by atoms with Crippen molar-refractivity contribution in [2.75, 3.05) is 5.32 Å². The van der Waals surface area contributed by atoms with Crippen LogP contribution in [-0.4, -0.2) is 14.5 Å². The third kappa shape index (κ3) is 2.85. The zero-order chi connectivity index (χ0) is 13.8. The van der Waals surface area contributed by atoms with Crippen LogP contribution in [0.2, 0.25) is 0 Å². The van der Waals surface area contributed by atoms with E-state index in [9.17, 15) is 0 Å². The van der Waals surface area contributed by atoms with Gasteiger partial charge in [0.1, 0.15) is 0 Å². The van der Waals surface area contributed by atoms with Gasteiger partial charge in [0.25, 0.3) is 0 Å². The van der Waals surface area contributed by atoms with E-state index in [1.165, 1.54) is 0 Å². The van der Waals surface area contributed by atoms with E-state index in [1.54, 1.807) is 6.20 Å². The lowest BCUT2D eigenvalue weighted by Gasteiger charge is -2.09. The Morgan fingerprint density at radius 1 is 1.10 bits per heavy atom. The topological polar surface area (TPSA) is 42.7 Å². The van der Waals surface area contributed by atoms with Crippen LogP contribution in [0.5, 0.6) is 0 Å². The quantitative estimate of drug-likeness (QED) is 0.785. The van der Waals surface area contributed by atoms with Crippen LogP contribution >= 0.6 is 0 Å². The second kappa shape index (κ2) is 5.57. The summed E-state index contributed by atoms with van der Waals surface area (Å²) in [6.45, 7) is 2.75. The van der Waals surface area contributed by atoms with E-state index in [0.717, 1.165) is 29.4 Å². The number of anilines is 2. The predicted molar refractivity (Wildman–Crippen MR) is 80.0 cm³/mol. The van der Waals surface area contributed by atoms with E-state index in [-0.39, 0.29) is 0 Å². The first-order valence-electron chi connectivity index (χ1n) is 6.56. The fraction of sp³-hybridized carbons (Fsp3) is 0.125. The van der Waals surface area contributed by atoms with Crippen LogP contribution in [0.4, 0.5) is 11.6 Å². The Kier molecular flexibility index (Phi) is 3.46. The molecule has 0 amide bonds. The van der Waals surface area contributed by atoms with Crippen molar-refractivity contribution in [2.45, 2.75) is 13.5 Å². The molecule has 20 heavy (non-hydrogen) atoms. The molecule has 0 bridgehead atoms. The van der Waals surface area contributed by atoms with Crippen molar-refractivity contribution in [3.63, 3.8) is 0 Å². The Bertz CT molecular complexity index is 615. The van der Waals surface area contributed by atoms with Gasteiger partial charge >= 0.3 is 0 Å². The van der Waals surface area contributed by atoms with E-state index in [4.69, 9.17) is 0 Å². The zero-order valence-corrected chi connectivity index (χ0v) is 11.3. The predicted octanol–water partition coefficient (Wildman–Crippen LogP) is 3.38. The number of nitrogens with zero attached hydrogens (tertiary/aromatic N) is 3. The van der Waals surface area contributed by atoms with Crippen LogP contribution in [0, 0.1) is 6.92 Å². The maximum atomic E-state index is 4.53. The van der Waals surface area contributed by atoms with Crippen molar-refractivity contribution >= 4 is 11.6 Å². The van der Waals surface area contributed by atoms with Crippen molar-refractivity contribution in [1.82, 2.24) is 14.5 Å². The van der Waals surface area contributed by atoms with Gasteiger partial charge in [-0.25, -0.2) is 4.98 Å². The molecule has 1 N–H and O–H groups in total. The summed E-state index contributed by atoms with van der Waals surface area (Å²) in [5.74, 6) is 0.845. The average molecular weight is 264 g/mol. The smallest absolute Gasteiger partial charge is 0.207 e. The first-order chi connectivity index (χ1) is 9.81. The molecular formula is C16H16N4. The SMILES string of the molecule is Cc1cn(Cc2cccnc2)c(Nc2ccccc2)n1. The molecule has 3 rings (SSSR count). The Morgan fingerprint density at radius 3 is 2.70 bits per heavy atom. The van der Waals surface area contributed by atoms with Gasteiger partial charge in [0, 0.05) is 24.3 Å². The molecule has 1 aromatic carbocycles. The Balaban J connectivity index is 1.85. The van der Waals surface area contributed by atoms with E-state index in [1.807, 2.05) is 55.7 Å². The molecule has 0 aliphatic rings. The molecule has 0 saturated carbocycles. The molecule has 4 nitrogen and oxygen atoms in total. The molecule has 0 aliphatic heterocycles. The highest BCUT2D eigenvalue weighted by Crippen LogP contribution is 2.17. The number of hydrogen-bond acceptors (Lipinski definition) is 3. The van der Waals surface area contributed by atoms with Crippen LogP contribution in [0.25, 0.3) is 0 Å². The highest BCUT2D eigenvalue weighted by atomic mass is 15.2. The molecule has 0 aliphatic carbocycles. The van der Waals surface area contributed by atoms with Crippen molar-refractivity contribution in [1.29, 1.82) is 0 Å². The molecule has 0 fully saturated rings. The van der Waals surface area contributed by atoms with Crippen LogP contribution in [0.1, 0.15) is 11.3 Å². The van der Waals surface area contributed by atoms with E-state index >= 15 is 0 Å². The standard InChI is InChI=1S/C16H16N4/c1-13-11-20(12-14-6-5-9-17-10-14)16(18-13)19-15-7-3-2-4-8-15/h2-11H,12H2,1H3,(H,18,19). The molecule has 4 heteroatoms. The third-order valence-corrected chi connectivity index (χ3v) is 3.00. The largest absolute Gasteiger partial charge is 0.326 e. The second-order valence-electron chi connectivity index (χ2n) is 4.69. The lowest BCUT2D eigenvalue weighted by molar-refractivity contribution is 0.803. The number of rotatable bonds is 4. The summed E-state index contributed by atoms with van der Waals surface area (Å²) in [5.41, 5.74) is 3.18. The van der Waals surface area contributed by atoms with Gasteiger partial charge in [0.2, 0.25) is 5.95 Å². The number of imidazole rings is 1. The van der Waals surface area contributed by atoms with Crippen LogP contribution in [0.3, 0.4) is 0 Å². The van der Waals surface area contributed by atoms with Crippen LogP contribution in [-0.2, 0) is 6.54 Å². The fourth-order valence-electron chi connectivity index (χ4n) is 2.11. The first kappa shape index (κ1) is 12.4. The molecule has 0 radical (unpaired) electrons. The molecule has 0 atom stereocenters. The van der Waals surface area contributed by atoms with Crippen molar-refractivity contribution in [3.8, 4) is 0 Å². The minimum atomic E-state index is 0.754. The number of pyridine rings is 1. The summed E-state index contributed by atoms with van der Waals surface area (Å²) in [6, 6.07) is 14.1. The highest BCUT2D eigenvalue weighted by molar-refractivity contribution is 5.53. The van der Waals surface area contributed by atoms with Crippen molar-refractivity contribution < 1.29 is 0 Å². The van der Waals surface area contributed by atoms with Gasteiger partial charge in [0.15, 0.2) is 0 Å². The van der Waals surface area contributed by atoms with Gasteiger partial charge in [0.05, 0.1) is 12.2 Å². The van der Waals surface area contributed by atoms with E-state index in [0.29, 0.717) is 0 Å². The molecule has 2 aromatic heterocycles. The van der Waals surface area contributed by atoms with Gasteiger partial charge in [-0.1, -0.05) is 24.3 Å². The first-order valence-corrected chi connectivity index (χ1v) is 6.56. The van der Waals surface area contributed by atoms with E-state index < -0.39 is 0 Å². The summed E-state index contributed by atoms with van der Waals surface area (Å²) in [6.07, 6.45) is 5.70. The molecule has 3 aromatic rings. The van der Waals surface area contributed by atoms with Gasteiger partial charge in [-0.3, -0.25) is 4.98 Å². The van der Waals surface area contributed by atoms with Crippen molar-refractivity contribution in [2.24, 2.45) is 0 Å². The lowest BCUT2D eigenvalue weighted by Crippen LogP contribution is -2.04. The van der Waals surface area contributed by atoms with Gasteiger partial charge < -0.3 is 9.88 Å². The third-order valence-electron chi connectivity index (χ3n) is 3.00. The molecule has 0 saturated heterocycles. The van der Waals surface area contributed by atoms with Crippen LogP contribution in [0.15, 0.2) is 61.1 Å². The van der Waals surface area contributed by atoms with Gasteiger partial charge in [-0.05, 0) is 30.7 Å². The highest BCUT2D eigenvalue weighted by Gasteiger charge is 2.06. The van der Waals surface area contributed by atoms with E-state index in [2.05, 4.69) is 25.9 Å². The number of hydrogen-bond donors (Lipinski definition) is 1. The summed E-state index contributed by atoms with van der Waals surface area (Å²) < 4.78 is 2.10. The summed E-state index contributed by atoms with van der Waals surface area (Å²) in [4.78, 5) is 8.68. The van der Waals surface area contributed by atoms with Crippen molar-refractivity contribution in [3.05, 3.63) is 72.3 Å². The zero-order valence-electron chi connectivity index (χ0n) is 11.3. The van der Waals surface area contributed by atoms with Gasteiger partial charge in [-0.2, -0.15) is 0 Å². The maximum Gasteiger partial charge on any atom is 0.207 e. The number of nitrogens with one attached hydrogen (secondary N) is 1.